The second kappa shape index (κ2) is 6.64. The molecule has 0 aliphatic heterocycles. The summed E-state index contributed by atoms with van der Waals surface area (Å²) in [6.45, 7) is 9.76. The first-order valence-corrected chi connectivity index (χ1v) is 6.33. The molecule has 0 aromatic carbocycles. The van der Waals surface area contributed by atoms with E-state index in [9.17, 15) is 0 Å². The normalized spacial score (nSPS) is 14.8. The molecule has 0 fully saturated rings. The van der Waals surface area contributed by atoms with Crippen LogP contribution >= 0.6 is 0 Å². The number of nitrogens with zero attached hydrogens (tertiary/aromatic N) is 1. The Hall–Kier alpha value is -0.890. The highest BCUT2D eigenvalue weighted by molar-refractivity contribution is 5.17. The summed E-state index contributed by atoms with van der Waals surface area (Å²) in [6.07, 6.45) is 4.43. The fourth-order valence-electron chi connectivity index (χ4n) is 1.84. The number of pyridine rings is 1. The Morgan fingerprint density at radius 3 is 2.56 bits per heavy atom. The number of hydrogen-bond donors (Lipinski definition) is 1. The van der Waals surface area contributed by atoms with E-state index in [0.29, 0.717) is 6.04 Å². The van der Waals surface area contributed by atoms with Gasteiger partial charge in [0.25, 0.3) is 0 Å². The van der Waals surface area contributed by atoms with Crippen LogP contribution in [0, 0.1) is 12.8 Å². The monoisotopic (exact) mass is 220 g/mol. The van der Waals surface area contributed by atoms with Gasteiger partial charge in [0.1, 0.15) is 0 Å². The Labute approximate surface area is 99.5 Å². The molecule has 0 spiro atoms. The van der Waals surface area contributed by atoms with Crippen molar-refractivity contribution in [2.75, 3.05) is 6.54 Å². The molecule has 2 nitrogen and oxygen atoms in total. The molecular weight excluding hydrogens is 196 g/mol. The van der Waals surface area contributed by atoms with Crippen LogP contribution in [0.3, 0.4) is 0 Å². The third kappa shape index (κ3) is 3.93. The van der Waals surface area contributed by atoms with E-state index >= 15 is 0 Å². The molecule has 2 heteroatoms. The maximum atomic E-state index is 4.38. The van der Waals surface area contributed by atoms with Gasteiger partial charge >= 0.3 is 0 Å². The van der Waals surface area contributed by atoms with Crippen molar-refractivity contribution in [2.45, 2.75) is 46.6 Å². The highest BCUT2D eigenvalue weighted by atomic mass is 14.9. The molecule has 0 aliphatic rings. The molecule has 0 bridgehead atoms. The second-order valence-electron chi connectivity index (χ2n) is 4.59. The van der Waals surface area contributed by atoms with Crippen LogP contribution < -0.4 is 5.32 Å². The molecule has 0 radical (unpaired) electrons. The lowest BCUT2D eigenvalue weighted by molar-refractivity contribution is 0.407. The minimum atomic E-state index is 0.452. The first-order chi connectivity index (χ1) is 7.67. The van der Waals surface area contributed by atoms with E-state index in [4.69, 9.17) is 0 Å². The first kappa shape index (κ1) is 13.2. The Balaban J connectivity index is 2.72. The topological polar surface area (TPSA) is 24.9 Å². The zero-order valence-corrected chi connectivity index (χ0v) is 11.0. The van der Waals surface area contributed by atoms with E-state index in [1.165, 1.54) is 18.4 Å². The number of rotatable bonds is 6. The maximum Gasteiger partial charge on any atom is 0.0372 e. The van der Waals surface area contributed by atoms with Gasteiger partial charge in [-0.25, -0.2) is 0 Å². The van der Waals surface area contributed by atoms with Gasteiger partial charge in [0.05, 0.1) is 0 Å². The van der Waals surface area contributed by atoms with E-state index < -0.39 is 0 Å². The van der Waals surface area contributed by atoms with E-state index in [1.807, 2.05) is 13.1 Å². The molecule has 0 saturated heterocycles. The van der Waals surface area contributed by atoms with Crippen LogP contribution in [0.15, 0.2) is 18.3 Å². The van der Waals surface area contributed by atoms with Crippen molar-refractivity contribution in [3.8, 4) is 0 Å². The molecule has 0 amide bonds. The van der Waals surface area contributed by atoms with Crippen LogP contribution in [-0.2, 0) is 0 Å². The molecule has 16 heavy (non-hydrogen) atoms. The summed E-state index contributed by atoms with van der Waals surface area (Å²) in [5.41, 5.74) is 2.40. The maximum absolute atomic E-state index is 4.38. The minimum absolute atomic E-state index is 0.452. The largest absolute Gasteiger partial charge is 0.310 e. The summed E-state index contributed by atoms with van der Waals surface area (Å²) in [5.74, 6) is 0.755. The average molecular weight is 220 g/mol. The van der Waals surface area contributed by atoms with Crippen molar-refractivity contribution in [1.82, 2.24) is 10.3 Å². The molecule has 1 aromatic rings. The van der Waals surface area contributed by atoms with Gasteiger partial charge in [-0.1, -0.05) is 33.3 Å². The smallest absolute Gasteiger partial charge is 0.0372 e. The van der Waals surface area contributed by atoms with Crippen LogP contribution in [0.2, 0.25) is 0 Å². The fourth-order valence-corrected chi connectivity index (χ4v) is 1.84. The molecule has 2 unspecified atom stereocenters. The molecule has 1 heterocycles. The van der Waals surface area contributed by atoms with Gasteiger partial charge in [-0.15, -0.1) is 0 Å². The predicted octanol–water partition coefficient (Wildman–Crippen LogP) is 3.48. The summed E-state index contributed by atoms with van der Waals surface area (Å²) in [7, 11) is 0. The Kier molecular flexibility index (Phi) is 5.47. The lowest BCUT2D eigenvalue weighted by Crippen LogP contribution is -2.23. The van der Waals surface area contributed by atoms with Crippen molar-refractivity contribution < 1.29 is 0 Å². The Morgan fingerprint density at radius 1 is 1.31 bits per heavy atom. The van der Waals surface area contributed by atoms with Crippen molar-refractivity contribution in [3.63, 3.8) is 0 Å². The number of nitrogens with one attached hydrogen (secondary N) is 1. The molecule has 1 N–H and O–H groups in total. The highest BCUT2D eigenvalue weighted by Gasteiger charge is 2.13. The van der Waals surface area contributed by atoms with E-state index in [2.05, 4.69) is 43.2 Å². The van der Waals surface area contributed by atoms with E-state index in [0.717, 1.165) is 18.2 Å². The highest BCUT2D eigenvalue weighted by Crippen LogP contribution is 2.22. The van der Waals surface area contributed by atoms with Gasteiger partial charge in [-0.2, -0.15) is 0 Å². The molecular formula is C14H24N2. The second-order valence-corrected chi connectivity index (χ2v) is 4.59. The van der Waals surface area contributed by atoms with Crippen LogP contribution in [0.1, 0.15) is 50.9 Å². The third-order valence-electron chi connectivity index (χ3n) is 3.12. The van der Waals surface area contributed by atoms with Crippen molar-refractivity contribution in [1.29, 1.82) is 0 Å². The Bertz CT molecular complexity index is 292. The number of hydrogen-bond acceptors (Lipinski definition) is 2. The molecule has 1 aromatic heterocycles. The van der Waals surface area contributed by atoms with Gasteiger partial charge in [0, 0.05) is 17.9 Å². The van der Waals surface area contributed by atoms with E-state index in [1.54, 1.807) is 0 Å². The minimum Gasteiger partial charge on any atom is -0.310 e. The van der Waals surface area contributed by atoms with Crippen molar-refractivity contribution in [3.05, 3.63) is 29.6 Å². The molecule has 1 rings (SSSR count). The van der Waals surface area contributed by atoms with E-state index in [-0.39, 0.29) is 0 Å². The van der Waals surface area contributed by atoms with Crippen molar-refractivity contribution >= 4 is 0 Å². The zero-order valence-electron chi connectivity index (χ0n) is 11.0. The summed E-state index contributed by atoms with van der Waals surface area (Å²) in [6, 6.07) is 4.74. The van der Waals surface area contributed by atoms with Crippen LogP contribution in [0.5, 0.6) is 0 Å². The predicted molar refractivity (Wildman–Crippen MR) is 69.5 cm³/mol. The summed E-state index contributed by atoms with van der Waals surface area (Å²) in [5, 5.41) is 3.54. The number of aryl methyl sites for hydroxylation is 1. The van der Waals surface area contributed by atoms with Gasteiger partial charge in [0.2, 0.25) is 0 Å². The molecule has 2 atom stereocenters. The number of aromatic nitrogens is 1. The zero-order chi connectivity index (χ0) is 12.0. The third-order valence-corrected chi connectivity index (χ3v) is 3.12. The SMILES string of the molecule is CCNC(CC(C)CC)c1ccc(C)nc1. The van der Waals surface area contributed by atoms with Gasteiger partial charge in [0.15, 0.2) is 0 Å². The first-order valence-electron chi connectivity index (χ1n) is 6.33. The quantitative estimate of drug-likeness (QED) is 0.794. The van der Waals surface area contributed by atoms with Gasteiger partial charge < -0.3 is 5.32 Å². The van der Waals surface area contributed by atoms with Gasteiger partial charge in [-0.05, 0) is 37.4 Å². The van der Waals surface area contributed by atoms with Gasteiger partial charge in [-0.3, -0.25) is 4.98 Å². The summed E-state index contributed by atoms with van der Waals surface area (Å²) < 4.78 is 0. The lowest BCUT2D eigenvalue weighted by atomic mass is 9.95. The summed E-state index contributed by atoms with van der Waals surface area (Å²) in [4.78, 5) is 4.38. The average Bonchev–Trinajstić information content (AvgIpc) is 2.29. The summed E-state index contributed by atoms with van der Waals surface area (Å²) >= 11 is 0. The molecule has 0 saturated carbocycles. The molecule has 0 aliphatic carbocycles. The molecule has 90 valence electrons. The van der Waals surface area contributed by atoms with Crippen LogP contribution in [-0.4, -0.2) is 11.5 Å². The standard InChI is InChI=1S/C14H24N2/c1-5-11(3)9-14(15-6-2)13-8-7-12(4)16-10-13/h7-8,10-11,14-15H,5-6,9H2,1-4H3. The van der Waals surface area contributed by atoms with Crippen LogP contribution in [0.25, 0.3) is 0 Å². The lowest BCUT2D eigenvalue weighted by Gasteiger charge is -2.21. The fraction of sp³-hybridized carbons (Fsp3) is 0.643. The Morgan fingerprint density at radius 2 is 2.06 bits per heavy atom. The van der Waals surface area contributed by atoms with Crippen molar-refractivity contribution in [2.24, 2.45) is 5.92 Å². The van der Waals surface area contributed by atoms with Crippen LogP contribution in [0.4, 0.5) is 0 Å².